The fourth-order valence-corrected chi connectivity index (χ4v) is 6.25. The minimum Gasteiger partial charge on any atom is -0.376 e. The van der Waals surface area contributed by atoms with E-state index in [0.29, 0.717) is 5.02 Å². The molecule has 0 unspecified atom stereocenters. The molecule has 0 bridgehead atoms. The Morgan fingerprint density at radius 2 is 1.21 bits per heavy atom. The van der Waals surface area contributed by atoms with Crippen molar-refractivity contribution in [2.75, 3.05) is 0 Å². The number of hydrogen-bond donors (Lipinski definition) is 1. The lowest BCUT2D eigenvalue weighted by molar-refractivity contribution is 0.126. The minimum absolute atomic E-state index is 0.590. The third kappa shape index (κ3) is 3.35. The molecular formula is C31H21ClOS. The predicted molar refractivity (Wildman–Crippen MR) is 145 cm³/mol. The van der Waals surface area contributed by atoms with Crippen molar-refractivity contribution in [1.82, 2.24) is 0 Å². The summed E-state index contributed by atoms with van der Waals surface area (Å²) in [6.07, 6.45) is 0. The van der Waals surface area contributed by atoms with Crippen molar-refractivity contribution in [3.05, 3.63) is 143 Å². The number of halogens is 1. The Hall–Kier alpha value is -3.43. The first kappa shape index (κ1) is 21.1. The van der Waals surface area contributed by atoms with Crippen molar-refractivity contribution >= 4 is 43.1 Å². The van der Waals surface area contributed by atoms with Crippen molar-refractivity contribution < 1.29 is 5.11 Å². The van der Waals surface area contributed by atoms with Crippen LogP contribution in [-0.4, -0.2) is 5.11 Å². The van der Waals surface area contributed by atoms with Crippen molar-refractivity contribution in [3.63, 3.8) is 0 Å². The molecule has 34 heavy (non-hydrogen) atoms. The first-order valence-electron chi connectivity index (χ1n) is 11.2. The highest BCUT2D eigenvalue weighted by Gasteiger charge is 2.36. The van der Waals surface area contributed by atoms with Gasteiger partial charge in [0.1, 0.15) is 5.60 Å². The first-order chi connectivity index (χ1) is 16.7. The molecule has 1 heterocycles. The summed E-state index contributed by atoms with van der Waals surface area (Å²) in [6.45, 7) is 0. The molecule has 0 aliphatic heterocycles. The fourth-order valence-electron chi connectivity index (χ4n) is 4.85. The van der Waals surface area contributed by atoms with Gasteiger partial charge in [-0.05, 0) is 40.5 Å². The van der Waals surface area contributed by atoms with E-state index in [9.17, 15) is 5.11 Å². The van der Waals surface area contributed by atoms with Crippen molar-refractivity contribution in [2.24, 2.45) is 0 Å². The van der Waals surface area contributed by atoms with Gasteiger partial charge in [0.15, 0.2) is 0 Å². The predicted octanol–water partition coefficient (Wildman–Crippen LogP) is 8.66. The van der Waals surface area contributed by atoms with E-state index in [1.54, 1.807) is 11.3 Å². The number of thiophene rings is 1. The standard InChI is InChI=1S/C31H21ClOS/c32-23-18-19-24(26-15-9-16-27-25-14-7-8-17-29(25)34-30(26)27)28(20-23)31(33,21-10-3-1-4-11-21)22-12-5-2-6-13-22/h1-20,33H. The van der Waals surface area contributed by atoms with Crippen LogP contribution in [0.3, 0.4) is 0 Å². The lowest BCUT2D eigenvalue weighted by atomic mass is 9.77. The SMILES string of the molecule is OC(c1ccccc1)(c1ccccc1)c1cc(Cl)ccc1-c1cccc2c1sc1ccccc12. The van der Waals surface area contributed by atoms with E-state index >= 15 is 0 Å². The molecule has 1 N–H and O–H groups in total. The van der Waals surface area contributed by atoms with Gasteiger partial charge in [-0.1, -0.05) is 115 Å². The summed E-state index contributed by atoms with van der Waals surface area (Å²) in [4.78, 5) is 0. The van der Waals surface area contributed by atoms with Gasteiger partial charge in [0.05, 0.1) is 0 Å². The summed E-state index contributed by atoms with van der Waals surface area (Å²) in [5, 5.41) is 15.6. The van der Waals surface area contributed by atoms with Gasteiger partial charge in [0.25, 0.3) is 0 Å². The average Bonchev–Trinajstić information content (AvgIpc) is 3.28. The molecule has 3 heteroatoms. The van der Waals surface area contributed by atoms with Crippen LogP contribution >= 0.6 is 22.9 Å². The first-order valence-corrected chi connectivity index (χ1v) is 12.4. The lowest BCUT2D eigenvalue weighted by Crippen LogP contribution is -2.29. The summed E-state index contributed by atoms with van der Waals surface area (Å²) in [5.41, 5.74) is 3.05. The third-order valence-electron chi connectivity index (χ3n) is 6.45. The van der Waals surface area contributed by atoms with Crippen molar-refractivity contribution in [2.45, 2.75) is 5.60 Å². The van der Waals surface area contributed by atoms with Crippen LogP contribution < -0.4 is 0 Å². The van der Waals surface area contributed by atoms with Crippen LogP contribution in [0.1, 0.15) is 16.7 Å². The normalized spacial score (nSPS) is 11.8. The molecule has 0 saturated heterocycles. The van der Waals surface area contributed by atoms with Crippen LogP contribution in [0.4, 0.5) is 0 Å². The Morgan fingerprint density at radius 3 is 1.91 bits per heavy atom. The highest BCUT2D eigenvalue weighted by atomic mass is 35.5. The summed E-state index contributed by atoms with van der Waals surface area (Å²) in [7, 11) is 0. The van der Waals surface area contributed by atoms with E-state index in [4.69, 9.17) is 11.6 Å². The second kappa shape index (κ2) is 8.41. The van der Waals surface area contributed by atoms with Gasteiger partial charge in [-0.3, -0.25) is 0 Å². The molecule has 164 valence electrons. The molecule has 0 fully saturated rings. The molecule has 0 atom stereocenters. The van der Waals surface area contributed by atoms with Gasteiger partial charge in [-0.2, -0.15) is 0 Å². The van der Waals surface area contributed by atoms with Gasteiger partial charge in [-0.15, -0.1) is 11.3 Å². The minimum atomic E-state index is -1.37. The Bertz CT molecular complexity index is 1580. The van der Waals surface area contributed by atoms with Crippen LogP contribution in [0, 0.1) is 0 Å². The summed E-state index contributed by atoms with van der Waals surface area (Å²) >= 11 is 8.34. The lowest BCUT2D eigenvalue weighted by Gasteiger charge is -2.32. The fraction of sp³-hybridized carbons (Fsp3) is 0.0323. The van der Waals surface area contributed by atoms with Crippen molar-refractivity contribution in [3.8, 4) is 11.1 Å². The maximum Gasteiger partial charge on any atom is 0.141 e. The average molecular weight is 477 g/mol. The number of benzene rings is 5. The van der Waals surface area contributed by atoms with Crippen LogP contribution in [0.25, 0.3) is 31.3 Å². The van der Waals surface area contributed by atoms with Crippen LogP contribution in [0.5, 0.6) is 0 Å². The van der Waals surface area contributed by atoms with E-state index in [1.807, 2.05) is 78.9 Å². The molecule has 0 radical (unpaired) electrons. The molecule has 5 aromatic carbocycles. The molecule has 0 aliphatic carbocycles. The zero-order valence-corrected chi connectivity index (χ0v) is 19.9. The molecule has 0 aliphatic rings. The van der Waals surface area contributed by atoms with Crippen LogP contribution in [0.2, 0.25) is 5.02 Å². The van der Waals surface area contributed by atoms with Gasteiger partial charge >= 0.3 is 0 Å². The quantitative estimate of drug-likeness (QED) is 0.252. The van der Waals surface area contributed by atoms with E-state index in [-0.39, 0.29) is 0 Å². The smallest absolute Gasteiger partial charge is 0.141 e. The Morgan fingerprint density at radius 1 is 0.588 bits per heavy atom. The monoisotopic (exact) mass is 476 g/mol. The number of rotatable bonds is 4. The Labute approximate surface area is 207 Å². The van der Waals surface area contributed by atoms with E-state index in [1.165, 1.54) is 20.2 Å². The Kier molecular flexibility index (Phi) is 5.23. The van der Waals surface area contributed by atoms with E-state index < -0.39 is 5.60 Å². The van der Waals surface area contributed by atoms with Gasteiger partial charge < -0.3 is 5.11 Å². The summed E-state index contributed by atoms with van der Waals surface area (Å²) in [6, 6.07) is 40.4. The maximum atomic E-state index is 12.5. The number of aliphatic hydroxyl groups is 1. The molecule has 6 aromatic rings. The van der Waals surface area contributed by atoms with Gasteiger partial charge in [0, 0.05) is 30.8 Å². The summed E-state index contributed by atoms with van der Waals surface area (Å²) in [5.74, 6) is 0. The number of hydrogen-bond acceptors (Lipinski definition) is 2. The largest absolute Gasteiger partial charge is 0.376 e. The second-order valence-corrected chi connectivity index (χ2v) is 9.90. The summed E-state index contributed by atoms with van der Waals surface area (Å²) < 4.78 is 2.46. The third-order valence-corrected chi connectivity index (χ3v) is 7.90. The van der Waals surface area contributed by atoms with Crippen LogP contribution in [-0.2, 0) is 5.60 Å². The zero-order valence-electron chi connectivity index (χ0n) is 18.3. The van der Waals surface area contributed by atoms with E-state index in [2.05, 4.69) is 42.5 Å². The second-order valence-electron chi connectivity index (χ2n) is 8.41. The highest BCUT2D eigenvalue weighted by molar-refractivity contribution is 7.26. The molecule has 0 saturated carbocycles. The van der Waals surface area contributed by atoms with Crippen LogP contribution in [0.15, 0.2) is 121 Å². The Balaban J connectivity index is 1.69. The molecular weight excluding hydrogens is 456 g/mol. The van der Waals surface area contributed by atoms with E-state index in [0.717, 1.165) is 27.8 Å². The highest BCUT2D eigenvalue weighted by Crippen LogP contribution is 2.46. The van der Waals surface area contributed by atoms with Crippen molar-refractivity contribution in [1.29, 1.82) is 0 Å². The molecule has 1 aromatic heterocycles. The topological polar surface area (TPSA) is 20.2 Å². The maximum absolute atomic E-state index is 12.5. The number of fused-ring (bicyclic) bond motifs is 3. The zero-order chi connectivity index (χ0) is 23.1. The van der Waals surface area contributed by atoms with Gasteiger partial charge in [0.2, 0.25) is 0 Å². The molecule has 1 nitrogen and oxygen atoms in total. The molecule has 6 rings (SSSR count). The molecule has 0 spiro atoms. The molecule has 0 amide bonds. The van der Waals surface area contributed by atoms with Gasteiger partial charge in [-0.25, -0.2) is 0 Å².